The van der Waals surface area contributed by atoms with Crippen LogP contribution in [0.25, 0.3) is 0 Å². The molecule has 0 spiro atoms. The highest BCUT2D eigenvalue weighted by molar-refractivity contribution is 9.10. The number of halogens is 3. The molecule has 2 nitrogen and oxygen atoms in total. The van der Waals surface area contributed by atoms with E-state index in [1.807, 2.05) is 0 Å². The first-order valence-electron chi connectivity index (χ1n) is 6.48. The Bertz CT molecular complexity index is 399. The minimum atomic E-state index is -0.942. The van der Waals surface area contributed by atoms with Crippen LogP contribution >= 0.6 is 15.9 Å². The molecule has 0 radical (unpaired) electrons. The van der Waals surface area contributed by atoms with Crippen molar-refractivity contribution in [2.24, 2.45) is 5.92 Å². The van der Waals surface area contributed by atoms with E-state index in [4.69, 9.17) is 4.74 Å². The monoisotopic (exact) mass is 335 g/mol. The van der Waals surface area contributed by atoms with E-state index < -0.39 is 11.6 Å². The van der Waals surface area contributed by atoms with E-state index in [1.54, 1.807) is 0 Å². The maximum atomic E-state index is 13.4. The Labute approximate surface area is 121 Å². The predicted molar refractivity (Wildman–Crippen MR) is 76.5 cm³/mol. The Balaban J connectivity index is 2.23. The minimum absolute atomic E-state index is 0.0594. The molecular weight excluding hydrogens is 316 g/mol. The highest BCUT2D eigenvalue weighted by Crippen LogP contribution is 2.25. The molecule has 1 aromatic carbocycles. The molecule has 0 aliphatic heterocycles. The Hall–Kier alpha value is -0.680. The van der Waals surface area contributed by atoms with E-state index >= 15 is 0 Å². The van der Waals surface area contributed by atoms with Crippen LogP contribution in [0.3, 0.4) is 0 Å². The molecule has 5 heteroatoms. The third-order valence-corrected chi connectivity index (χ3v) is 3.09. The van der Waals surface area contributed by atoms with Crippen LogP contribution in [0.1, 0.15) is 26.7 Å². The van der Waals surface area contributed by atoms with Crippen molar-refractivity contribution in [1.82, 2.24) is 5.32 Å². The number of benzene rings is 1. The molecule has 1 N–H and O–H groups in total. The fourth-order valence-electron chi connectivity index (χ4n) is 1.63. The molecule has 19 heavy (non-hydrogen) atoms. The van der Waals surface area contributed by atoms with Crippen molar-refractivity contribution >= 4 is 15.9 Å². The van der Waals surface area contributed by atoms with Crippen LogP contribution in [0.5, 0.6) is 5.75 Å². The van der Waals surface area contributed by atoms with Gasteiger partial charge in [0.25, 0.3) is 0 Å². The molecule has 1 aromatic rings. The standard InChI is InChI=1S/C14H20BrF2NO/c1-10(2)4-3-5-18-6-7-19-13-9-11(15)8-12(16)14(13)17/h8-10,18H,3-7H2,1-2H3. The smallest absolute Gasteiger partial charge is 0.200 e. The zero-order chi connectivity index (χ0) is 14.3. The molecule has 0 aliphatic rings. The first-order chi connectivity index (χ1) is 9.00. The molecule has 0 fully saturated rings. The molecule has 1 rings (SSSR count). The summed E-state index contributed by atoms with van der Waals surface area (Å²) < 4.78 is 32.1. The third kappa shape index (κ3) is 6.34. The van der Waals surface area contributed by atoms with E-state index in [0.29, 0.717) is 23.5 Å². The normalized spacial score (nSPS) is 11.1. The maximum Gasteiger partial charge on any atom is 0.200 e. The van der Waals surface area contributed by atoms with Gasteiger partial charge in [-0.1, -0.05) is 29.8 Å². The lowest BCUT2D eigenvalue weighted by Gasteiger charge is -2.09. The van der Waals surface area contributed by atoms with E-state index in [2.05, 4.69) is 35.1 Å². The van der Waals surface area contributed by atoms with Crippen molar-refractivity contribution < 1.29 is 13.5 Å². The topological polar surface area (TPSA) is 21.3 Å². The lowest BCUT2D eigenvalue weighted by Crippen LogP contribution is -2.22. The third-order valence-electron chi connectivity index (χ3n) is 2.63. The second kappa shape index (κ2) is 8.48. The zero-order valence-corrected chi connectivity index (χ0v) is 12.9. The number of rotatable bonds is 8. The second-order valence-electron chi connectivity index (χ2n) is 4.83. The molecule has 0 atom stereocenters. The summed E-state index contributed by atoms with van der Waals surface area (Å²) in [5.41, 5.74) is 0. The van der Waals surface area contributed by atoms with Crippen molar-refractivity contribution in [3.05, 3.63) is 28.2 Å². The van der Waals surface area contributed by atoms with Crippen LogP contribution in [-0.4, -0.2) is 19.7 Å². The number of nitrogens with one attached hydrogen (secondary N) is 1. The summed E-state index contributed by atoms with van der Waals surface area (Å²) in [6, 6.07) is 2.50. The summed E-state index contributed by atoms with van der Waals surface area (Å²) in [5.74, 6) is -1.20. The first kappa shape index (κ1) is 16.4. The minimum Gasteiger partial charge on any atom is -0.489 e. The quantitative estimate of drug-likeness (QED) is 0.569. The molecule has 0 amide bonds. The molecule has 108 valence electrons. The summed E-state index contributed by atoms with van der Waals surface area (Å²) in [5, 5.41) is 3.21. The summed E-state index contributed by atoms with van der Waals surface area (Å²) >= 11 is 3.10. The Morgan fingerprint density at radius 2 is 2.00 bits per heavy atom. The van der Waals surface area contributed by atoms with Gasteiger partial charge in [0.15, 0.2) is 11.6 Å². The molecule has 0 bridgehead atoms. The fourth-order valence-corrected chi connectivity index (χ4v) is 2.04. The lowest BCUT2D eigenvalue weighted by atomic mass is 10.1. The van der Waals surface area contributed by atoms with Gasteiger partial charge in [-0.25, -0.2) is 4.39 Å². The molecule has 0 unspecified atom stereocenters. The summed E-state index contributed by atoms with van der Waals surface area (Å²) in [6.45, 7) is 6.22. The van der Waals surface area contributed by atoms with Crippen molar-refractivity contribution in [2.45, 2.75) is 26.7 Å². The zero-order valence-electron chi connectivity index (χ0n) is 11.3. The van der Waals surface area contributed by atoms with E-state index in [1.165, 1.54) is 12.5 Å². The van der Waals surface area contributed by atoms with Crippen LogP contribution in [0.2, 0.25) is 0 Å². The van der Waals surface area contributed by atoms with Crippen LogP contribution in [0.4, 0.5) is 8.78 Å². The average Bonchev–Trinajstić information content (AvgIpc) is 2.33. The van der Waals surface area contributed by atoms with Gasteiger partial charge in [-0.05, 0) is 37.4 Å². The highest BCUT2D eigenvalue weighted by atomic mass is 79.9. The van der Waals surface area contributed by atoms with E-state index in [0.717, 1.165) is 19.0 Å². The van der Waals surface area contributed by atoms with Gasteiger partial charge >= 0.3 is 0 Å². The number of hydrogen-bond donors (Lipinski definition) is 1. The van der Waals surface area contributed by atoms with Crippen molar-refractivity contribution in [3.8, 4) is 5.75 Å². The lowest BCUT2D eigenvalue weighted by molar-refractivity contribution is 0.292. The Morgan fingerprint density at radius 3 is 2.68 bits per heavy atom. The van der Waals surface area contributed by atoms with Gasteiger partial charge in [0.2, 0.25) is 5.82 Å². The van der Waals surface area contributed by atoms with Gasteiger partial charge in [-0.15, -0.1) is 0 Å². The van der Waals surface area contributed by atoms with Crippen LogP contribution in [-0.2, 0) is 0 Å². The summed E-state index contributed by atoms with van der Waals surface area (Å²) in [7, 11) is 0. The molecule has 0 saturated heterocycles. The number of hydrogen-bond acceptors (Lipinski definition) is 2. The predicted octanol–water partition coefficient (Wildman–Crippen LogP) is 4.13. The summed E-state index contributed by atoms with van der Waals surface area (Å²) in [6.07, 6.45) is 2.29. The number of ether oxygens (including phenoxy) is 1. The molecule has 0 aliphatic carbocycles. The average molecular weight is 336 g/mol. The van der Waals surface area contributed by atoms with Gasteiger partial charge in [-0.3, -0.25) is 0 Å². The van der Waals surface area contributed by atoms with Gasteiger partial charge < -0.3 is 10.1 Å². The molecule has 0 saturated carbocycles. The largest absolute Gasteiger partial charge is 0.489 e. The first-order valence-corrected chi connectivity index (χ1v) is 7.28. The van der Waals surface area contributed by atoms with Crippen molar-refractivity contribution in [2.75, 3.05) is 19.7 Å². The van der Waals surface area contributed by atoms with Gasteiger partial charge in [0.05, 0.1) is 0 Å². The van der Waals surface area contributed by atoms with E-state index in [9.17, 15) is 8.78 Å². The van der Waals surface area contributed by atoms with Crippen LogP contribution < -0.4 is 10.1 Å². The van der Waals surface area contributed by atoms with Crippen molar-refractivity contribution in [1.29, 1.82) is 0 Å². The fraction of sp³-hybridized carbons (Fsp3) is 0.571. The van der Waals surface area contributed by atoms with Gasteiger partial charge in [0.1, 0.15) is 6.61 Å². The van der Waals surface area contributed by atoms with Crippen molar-refractivity contribution in [3.63, 3.8) is 0 Å². The Kier molecular flexibility index (Phi) is 7.31. The molecule has 0 aromatic heterocycles. The molecular formula is C14H20BrF2NO. The van der Waals surface area contributed by atoms with Crippen LogP contribution in [0, 0.1) is 17.6 Å². The Morgan fingerprint density at radius 1 is 1.26 bits per heavy atom. The van der Waals surface area contributed by atoms with E-state index in [-0.39, 0.29) is 5.75 Å². The van der Waals surface area contributed by atoms with Gasteiger partial charge in [0, 0.05) is 11.0 Å². The highest BCUT2D eigenvalue weighted by Gasteiger charge is 2.10. The second-order valence-corrected chi connectivity index (χ2v) is 5.75. The van der Waals surface area contributed by atoms with Gasteiger partial charge in [-0.2, -0.15) is 4.39 Å². The molecule has 0 heterocycles. The maximum absolute atomic E-state index is 13.4. The van der Waals surface area contributed by atoms with Crippen LogP contribution in [0.15, 0.2) is 16.6 Å². The SMILES string of the molecule is CC(C)CCCNCCOc1cc(Br)cc(F)c1F. The summed E-state index contributed by atoms with van der Waals surface area (Å²) in [4.78, 5) is 0.